The molecule has 0 unspecified atom stereocenters. The third-order valence-corrected chi connectivity index (χ3v) is 3.84. The molecule has 1 aromatic carbocycles. The van der Waals surface area contributed by atoms with E-state index in [1.807, 2.05) is 6.92 Å². The number of carbonyl (C=O) groups is 1. The van der Waals surface area contributed by atoms with Crippen LogP contribution in [-0.2, 0) is 4.74 Å². The van der Waals surface area contributed by atoms with Crippen LogP contribution in [-0.4, -0.2) is 30.8 Å². The van der Waals surface area contributed by atoms with Crippen molar-refractivity contribution < 1.29 is 18.7 Å². The molecule has 1 amide bonds. The number of amides is 1. The van der Waals surface area contributed by atoms with Crippen LogP contribution in [0, 0.1) is 5.82 Å². The fourth-order valence-corrected chi connectivity index (χ4v) is 2.48. The van der Waals surface area contributed by atoms with Crippen molar-refractivity contribution in [2.45, 2.75) is 19.4 Å². The van der Waals surface area contributed by atoms with Crippen LogP contribution < -0.4 is 9.64 Å². The first kappa shape index (κ1) is 15.3. The summed E-state index contributed by atoms with van der Waals surface area (Å²) in [4.78, 5) is 17.5. The summed E-state index contributed by atoms with van der Waals surface area (Å²) in [6.07, 6.45) is 1.69. The standard InChI is InChI=1S/C17H17FN2O3/c1-3-12-10-20(17(21)23-12)11-4-6-14(15(18)8-11)16-7-5-13(22-2)9-19-16/h4-9,12H,3,10H2,1-2H3/t12-/m0/s1. The number of aromatic nitrogens is 1. The zero-order valence-corrected chi connectivity index (χ0v) is 13.0. The van der Waals surface area contributed by atoms with Gasteiger partial charge in [-0.2, -0.15) is 0 Å². The van der Waals surface area contributed by atoms with E-state index in [2.05, 4.69) is 4.98 Å². The van der Waals surface area contributed by atoms with Crippen LogP contribution in [0.15, 0.2) is 36.5 Å². The first-order valence-electron chi connectivity index (χ1n) is 7.40. The molecule has 0 spiro atoms. The molecule has 1 aromatic heterocycles. The molecule has 5 nitrogen and oxygen atoms in total. The highest BCUT2D eigenvalue weighted by molar-refractivity contribution is 5.90. The molecule has 1 aliphatic rings. The van der Waals surface area contributed by atoms with Gasteiger partial charge in [0.15, 0.2) is 0 Å². The number of methoxy groups -OCH3 is 1. The van der Waals surface area contributed by atoms with Crippen LogP contribution in [0.2, 0.25) is 0 Å². The van der Waals surface area contributed by atoms with Crippen LogP contribution in [0.5, 0.6) is 5.75 Å². The Morgan fingerprint density at radius 1 is 1.39 bits per heavy atom. The lowest BCUT2D eigenvalue weighted by molar-refractivity contribution is 0.139. The van der Waals surface area contributed by atoms with Gasteiger partial charge in [-0.05, 0) is 36.8 Å². The summed E-state index contributed by atoms with van der Waals surface area (Å²) in [5, 5.41) is 0. The molecule has 0 aliphatic carbocycles. The fraction of sp³-hybridized carbons (Fsp3) is 0.294. The van der Waals surface area contributed by atoms with Gasteiger partial charge in [0.25, 0.3) is 0 Å². The van der Waals surface area contributed by atoms with E-state index in [-0.39, 0.29) is 6.10 Å². The van der Waals surface area contributed by atoms with Gasteiger partial charge < -0.3 is 9.47 Å². The van der Waals surface area contributed by atoms with Gasteiger partial charge in [0.1, 0.15) is 17.7 Å². The number of benzene rings is 1. The number of nitrogens with zero attached hydrogens (tertiary/aromatic N) is 2. The van der Waals surface area contributed by atoms with Gasteiger partial charge in [-0.3, -0.25) is 9.88 Å². The Morgan fingerprint density at radius 2 is 2.22 bits per heavy atom. The number of rotatable bonds is 4. The Kier molecular flexibility index (Phi) is 4.14. The first-order chi connectivity index (χ1) is 11.1. The molecule has 0 bridgehead atoms. The Balaban J connectivity index is 1.87. The second-order valence-corrected chi connectivity index (χ2v) is 5.27. The molecular weight excluding hydrogens is 299 g/mol. The number of anilines is 1. The van der Waals surface area contributed by atoms with E-state index in [0.29, 0.717) is 29.2 Å². The van der Waals surface area contributed by atoms with Crippen LogP contribution in [0.1, 0.15) is 13.3 Å². The molecule has 1 aliphatic heterocycles. The van der Waals surface area contributed by atoms with Crippen molar-refractivity contribution in [2.75, 3.05) is 18.6 Å². The predicted molar refractivity (Wildman–Crippen MR) is 84.1 cm³/mol. The van der Waals surface area contributed by atoms with Crippen molar-refractivity contribution >= 4 is 11.8 Å². The molecular formula is C17H17FN2O3. The Morgan fingerprint density at radius 3 is 2.78 bits per heavy atom. The smallest absolute Gasteiger partial charge is 0.414 e. The highest BCUT2D eigenvalue weighted by atomic mass is 19.1. The summed E-state index contributed by atoms with van der Waals surface area (Å²) in [6.45, 7) is 2.38. The number of pyridine rings is 1. The van der Waals surface area contributed by atoms with Gasteiger partial charge in [0, 0.05) is 5.56 Å². The minimum absolute atomic E-state index is 0.145. The van der Waals surface area contributed by atoms with Crippen molar-refractivity contribution in [3.05, 3.63) is 42.3 Å². The lowest BCUT2D eigenvalue weighted by atomic mass is 10.1. The number of carbonyl (C=O) groups excluding carboxylic acids is 1. The van der Waals surface area contributed by atoms with Gasteiger partial charge in [-0.1, -0.05) is 6.92 Å². The van der Waals surface area contributed by atoms with Crippen LogP contribution >= 0.6 is 0 Å². The number of cyclic esters (lactones) is 1. The van der Waals surface area contributed by atoms with E-state index >= 15 is 0 Å². The van der Waals surface area contributed by atoms with E-state index in [1.165, 1.54) is 17.2 Å². The summed E-state index contributed by atoms with van der Waals surface area (Å²) in [7, 11) is 1.55. The molecule has 23 heavy (non-hydrogen) atoms. The topological polar surface area (TPSA) is 51.7 Å². The van der Waals surface area contributed by atoms with E-state index in [4.69, 9.17) is 9.47 Å². The van der Waals surface area contributed by atoms with Crippen molar-refractivity contribution in [1.82, 2.24) is 4.98 Å². The Bertz CT molecular complexity index is 718. The maximum atomic E-state index is 14.4. The maximum Gasteiger partial charge on any atom is 0.414 e. The van der Waals surface area contributed by atoms with Crippen molar-refractivity contribution in [3.8, 4) is 17.0 Å². The number of hydrogen-bond acceptors (Lipinski definition) is 4. The van der Waals surface area contributed by atoms with E-state index in [1.54, 1.807) is 31.4 Å². The molecule has 6 heteroatoms. The van der Waals surface area contributed by atoms with E-state index < -0.39 is 11.9 Å². The second kappa shape index (κ2) is 6.24. The lowest BCUT2D eigenvalue weighted by Gasteiger charge is -2.14. The monoisotopic (exact) mass is 316 g/mol. The zero-order valence-electron chi connectivity index (χ0n) is 13.0. The lowest BCUT2D eigenvalue weighted by Crippen LogP contribution is -2.24. The summed E-state index contributed by atoms with van der Waals surface area (Å²) in [6, 6.07) is 8.06. The average Bonchev–Trinajstić information content (AvgIpc) is 2.96. The highest BCUT2D eigenvalue weighted by Crippen LogP contribution is 2.29. The maximum absolute atomic E-state index is 14.4. The molecule has 2 heterocycles. The summed E-state index contributed by atoms with van der Waals surface area (Å²) >= 11 is 0. The fourth-order valence-electron chi connectivity index (χ4n) is 2.48. The van der Waals surface area contributed by atoms with E-state index in [9.17, 15) is 9.18 Å². The molecule has 0 N–H and O–H groups in total. The van der Waals surface area contributed by atoms with Crippen molar-refractivity contribution in [3.63, 3.8) is 0 Å². The van der Waals surface area contributed by atoms with Gasteiger partial charge in [-0.25, -0.2) is 9.18 Å². The number of hydrogen-bond donors (Lipinski definition) is 0. The van der Waals surface area contributed by atoms with Crippen LogP contribution in [0.25, 0.3) is 11.3 Å². The van der Waals surface area contributed by atoms with Gasteiger partial charge in [0.05, 0.1) is 31.2 Å². The quantitative estimate of drug-likeness (QED) is 0.864. The highest BCUT2D eigenvalue weighted by Gasteiger charge is 2.31. The van der Waals surface area contributed by atoms with Gasteiger partial charge >= 0.3 is 6.09 Å². The number of halogens is 1. The minimum Gasteiger partial charge on any atom is -0.495 e. The molecule has 2 aromatic rings. The Labute approximate surface area is 133 Å². The predicted octanol–water partition coefficient (Wildman–Crippen LogP) is 3.63. The molecule has 3 rings (SSSR count). The van der Waals surface area contributed by atoms with Crippen LogP contribution in [0.4, 0.5) is 14.9 Å². The SMILES string of the molecule is CC[C@H]1CN(c2ccc(-c3ccc(OC)cn3)c(F)c2)C(=O)O1. The summed E-state index contributed by atoms with van der Waals surface area (Å²) in [5.41, 5.74) is 1.36. The van der Waals surface area contributed by atoms with Crippen molar-refractivity contribution in [1.29, 1.82) is 0 Å². The molecule has 0 saturated carbocycles. The van der Waals surface area contributed by atoms with Gasteiger partial charge in [0.2, 0.25) is 0 Å². The minimum atomic E-state index is -0.438. The summed E-state index contributed by atoms with van der Waals surface area (Å²) < 4.78 is 24.7. The van der Waals surface area contributed by atoms with E-state index in [0.717, 1.165) is 6.42 Å². The number of ether oxygens (including phenoxy) is 2. The largest absolute Gasteiger partial charge is 0.495 e. The van der Waals surface area contributed by atoms with Crippen molar-refractivity contribution in [2.24, 2.45) is 0 Å². The third-order valence-electron chi connectivity index (χ3n) is 3.84. The molecule has 1 fully saturated rings. The normalized spacial score (nSPS) is 17.3. The molecule has 120 valence electrons. The molecule has 1 atom stereocenters. The zero-order chi connectivity index (χ0) is 16.4. The van der Waals surface area contributed by atoms with Crippen LogP contribution in [0.3, 0.4) is 0 Å². The average molecular weight is 316 g/mol. The summed E-state index contributed by atoms with van der Waals surface area (Å²) in [5.74, 6) is 0.170. The third kappa shape index (κ3) is 2.97. The first-order valence-corrected chi connectivity index (χ1v) is 7.40. The second-order valence-electron chi connectivity index (χ2n) is 5.27. The Hall–Kier alpha value is -2.63. The molecule has 1 saturated heterocycles. The van der Waals surface area contributed by atoms with Gasteiger partial charge in [-0.15, -0.1) is 0 Å². The molecule has 0 radical (unpaired) electrons.